The smallest absolute Gasteiger partial charge is 0.0929 e. The number of nitrogens with two attached hydrogens (primary N) is 1. The highest BCUT2D eigenvalue weighted by Crippen LogP contribution is 2.26. The fourth-order valence-electron chi connectivity index (χ4n) is 1.92. The molecule has 84 valence electrons. The van der Waals surface area contributed by atoms with Gasteiger partial charge in [0.15, 0.2) is 0 Å². The molecule has 0 saturated carbocycles. The van der Waals surface area contributed by atoms with Gasteiger partial charge < -0.3 is 10.7 Å². The van der Waals surface area contributed by atoms with Gasteiger partial charge in [0.05, 0.1) is 17.7 Å². The van der Waals surface area contributed by atoms with E-state index >= 15 is 0 Å². The summed E-state index contributed by atoms with van der Waals surface area (Å²) in [4.78, 5) is 7.43. The second-order valence-corrected chi connectivity index (χ2v) is 4.19. The lowest BCUT2D eigenvalue weighted by Crippen LogP contribution is -1.99. The molecule has 0 aliphatic carbocycles. The van der Waals surface area contributed by atoms with E-state index in [-0.39, 0.29) is 0 Å². The topological polar surface area (TPSA) is 54.7 Å². The van der Waals surface area contributed by atoms with Crippen LogP contribution < -0.4 is 5.73 Å². The fraction of sp³-hybridized carbons (Fsp3) is 0.308. The standard InChI is InChI=1S/C13H17N3/c1-8-4-10(3)11(5-9(8)2)13-12(6-14)15-7-16-13/h4-5,7H,6,14H2,1-3H3,(H,15,16). The van der Waals surface area contributed by atoms with Gasteiger partial charge in [0.2, 0.25) is 0 Å². The molecule has 16 heavy (non-hydrogen) atoms. The molecular weight excluding hydrogens is 198 g/mol. The quantitative estimate of drug-likeness (QED) is 0.808. The van der Waals surface area contributed by atoms with Gasteiger partial charge in [-0.05, 0) is 43.5 Å². The molecule has 0 bridgehead atoms. The molecule has 0 atom stereocenters. The van der Waals surface area contributed by atoms with Crippen LogP contribution in [0.4, 0.5) is 0 Å². The number of hydrogen-bond acceptors (Lipinski definition) is 2. The van der Waals surface area contributed by atoms with Gasteiger partial charge in [0, 0.05) is 12.1 Å². The van der Waals surface area contributed by atoms with E-state index in [1.165, 1.54) is 22.3 Å². The van der Waals surface area contributed by atoms with Crippen LogP contribution in [0.2, 0.25) is 0 Å². The lowest BCUT2D eigenvalue weighted by Gasteiger charge is -2.09. The highest BCUT2D eigenvalue weighted by molar-refractivity contribution is 5.67. The molecule has 2 aromatic rings. The van der Waals surface area contributed by atoms with Gasteiger partial charge in [0.1, 0.15) is 0 Å². The molecule has 2 rings (SSSR count). The Hall–Kier alpha value is -1.61. The van der Waals surface area contributed by atoms with E-state index in [1.54, 1.807) is 6.33 Å². The Morgan fingerprint density at radius 3 is 2.50 bits per heavy atom. The molecule has 0 amide bonds. The van der Waals surface area contributed by atoms with Crippen LogP contribution in [-0.4, -0.2) is 9.97 Å². The van der Waals surface area contributed by atoms with Gasteiger partial charge in [-0.2, -0.15) is 0 Å². The van der Waals surface area contributed by atoms with Gasteiger partial charge >= 0.3 is 0 Å². The van der Waals surface area contributed by atoms with Gasteiger partial charge in [-0.1, -0.05) is 6.07 Å². The maximum atomic E-state index is 5.68. The number of benzene rings is 1. The molecule has 1 aromatic carbocycles. The number of aromatic amines is 1. The maximum Gasteiger partial charge on any atom is 0.0929 e. The summed E-state index contributed by atoms with van der Waals surface area (Å²) >= 11 is 0. The second-order valence-electron chi connectivity index (χ2n) is 4.19. The normalized spacial score (nSPS) is 10.8. The Kier molecular flexibility index (Phi) is 2.79. The van der Waals surface area contributed by atoms with E-state index in [9.17, 15) is 0 Å². The number of H-pyrrole nitrogens is 1. The number of aromatic nitrogens is 2. The van der Waals surface area contributed by atoms with Crippen LogP contribution in [0.25, 0.3) is 11.3 Å². The molecule has 3 N–H and O–H groups in total. The predicted octanol–water partition coefficient (Wildman–Crippen LogP) is 2.46. The van der Waals surface area contributed by atoms with E-state index in [4.69, 9.17) is 5.73 Å². The molecule has 0 unspecified atom stereocenters. The first-order valence-electron chi connectivity index (χ1n) is 5.44. The minimum Gasteiger partial charge on any atom is -0.347 e. The summed E-state index contributed by atoms with van der Waals surface area (Å²) in [6.45, 7) is 6.84. The minimum absolute atomic E-state index is 0.488. The Bertz CT molecular complexity index is 512. The second kappa shape index (κ2) is 4.10. The van der Waals surface area contributed by atoms with Crippen molar-refractivity contribution >= 4 is 0 Å². The van der Waals surface area contributed by atoms with E-state index in [0.29, 0.717) is 6.54 Å². The maximum absolute atomic E-state index is 5.68. The first-order valence-corrected chi connectivity index (χ1v) is 5.44. The van der Waals surface area contributed by atoms with Crippen molar-refractivity contribution in [3.63, 3.8) is 0 Å². The summed E-state index contributed by atoms with van der Waals surface area (Å²) in [5.74, 6) is 0. The van der Waals surface area contributed by atoms with Crippen LogP contribution in [0.5, 0.6) is 0 Å². The number of nitrogens with zero attached hydrogens (tertiary/aromatic N) is 1. The van der Waals surface area contributed by atoms with Crippen molar-refractivity contribution in [2.45, 2.75) is 27.3 Å². The molecule has 0 aliphatic rings. The van der Waals surface area contributed by atoms with Gasteiger partial charge in [-0.25, -0.2) is 4.98 Å². The number of rotatable bonds is 2. The van der Waals surface area contributed by atoms with Crippen LogP contribution in [-0.2, 0) is 6.54 Å². The average molecular weight is 215 g/mol. The molecule has 3 heteroatoms. The van der Waals surface area contributed by atoms with Crippen LogP contribution in [0.15, 0.2) is 18.5 Å². The number of imidazole rings is 1. The number of aryl methyl sites for hydroxylation is 3. The molecular formula is C13H17N3. The van der Waals surface area contributed by atoms with Crippen LogP contribution in [0.3, 0.4) is 0 Å². The molecule has 3 nitrogen and oxygen atoms in total. The molecule has 0 spiro atoms. The Balaban J connectivity index is 2.60. The van der Waals surface area contributed by atoms with E-state index in [2.05, 4.69) is 42.9 Å². The zero-order chi connectivity index (χ0) is 11.7. The average Bonchev–Trinajstić information content (AvgIpc) is 2.71. The molecule has 0 aliphatic heterocycles. The monoisotopic (exact) mass is 215 g/mol. The lowest BCUT2D eigenvalue weighted by molar-refractivity contribution is 1.01. The zero-order valence-electron chi connectivity index (χ0n) is 9.96. The van der Waals surface area contributed by atoms with Crippen molar-refractivity contribution in [3.8, 4) is 11.3 Å². The summed E-state index contributed by atoms with van der Waals surface area (Å²) in [6, 6.07) is 4.37. The molecule has 0 saturated heterocycles. The van der Waals surface area contributed by atoms with Crippen molar-refractivity contribution < 1.29 is 0 Å². The van der Waals surface area contributed by atoms with Crippen molar-refractivity contribution in [1.29, 1.82) is 0 Å². The van der Waals surface area contributed by atoms with Gasteiger partial charge in [0.25, 0.3) is 0 Å². The Morgan fingerprint density at radius 2 is 1.81 bits per heavy atom. The minimum atomic E-state index is 0.488. The Morgan fingerprint density at radius 1 is 1.12 bits per heavy atom. The van der Waals surface area contributed by atoms with Gasteiger partial charge in [-0.3, -0.25) is 0 Å². The molecule has 0 radical (unpaired) electrons. The fourth-order valence-corrected chi connectivity index (χ4v) is 1.92. The first-order chi connectivity index (χ1) is 7.63. The van der Waals surface area contributed by atoms with Crippen LogP contribution in [0.1, 0.15) is 22.4 Å². The largest absolute Gasteiger partial charge is 0.347 e. The van der Waals surface area contributed by atoms with Crippen LogP contribution >= 0.6 is 0 Å². The third-order valence-electron chi connectivity index (χ3n) is 3.02. The predicted molar refractivity (Wildman–Crippen MR) is 66.1 cm³/mol. The van der Waals surface area contributed by atoms with Crippen molar-refractivity contribution in [2.75, 3.05) is 0 Å². The van der Waals surface area contributed by atoms with E-state index < -0.39 is 0 Å². The van der Waals surface area contributed by atoms with Crippen molar-refractivity contribution in [3.05, 3.63) is 40.8 Å². The zero-order valence-corrected chi connectivity index (χ0v) is 9.96. The molecule has 1 heterocycles. The first kappa shape index (κ1) is 10.9. The third-order valence-corrected chi connectivity index (χ3v) is 3.02. The summed E-state index contributed by atoms with van der Waals surface area (Å²) in [6.07, 6.45) is 1.70. The SMILES string of the molecule is Cc1cc(C)c(-c2nc[nH]c2CN)cc1C. The highest BCUT2D eigenvalue weighted by Gasteiger charge is 2.10. The molecule has 0 fully saturated rings. The lowest BCUT2D eigenvalue weighted by atomic mass is 9.98. The summed E-state index contributed by atoms with van der Waals surface area (Å²) in [5.41, 5.74) is 12.7. The number of nitrogens with one attached hydrogen (secondary N) is 1. The molecule has 1 aromatic heterocycles. The van der Waals surface area contributed by atoms with Crippen LogP contribution in [0, 0.1) is 20.8 Å². The van der Waals surface area contributed by atoms with Crippen molar-refractivity contribution in [2.24, 2.45) is 5.73 Å². The van der Waals surface area contributed by atoms with Gasteiger partial charge in [-0.15, -0.1) is 0 Å². The van der Waals surface area contributed by atoms with E-state index in [0.717, 1.165) is 11.4 Å². The number of hydrogen-bond donors (Lipinski definition) is 2. The summed E-state index contributed by atoms with van der Waals surface area (Å²) in [5, 5.41) is 0. The summed E-state index contributed by atoms with van der Waals surface area (Å²) in [7, 11) is 0. The van der Waals surface area contributed by atoms with Crippen molar-refractivity contribution in [1.82, 2.24) is 9.97 Å². The third kappa shape index (κ3) is 1.74. The van der Waals surface area contributed by atoms with E-state index in [1.807, 2.05) is 0 Å². The highest BCUT2D eigenvalue weighted by atomic mass is 14.9. The Labute approximate surface area is 95.7 Å². The summed E-state index contributed by atoms with van der Waals surface area (Å²) < 4.78 is 0.